The Hall–Kier alpha value is -2.19. The van der Waals surface area contributed by atoms with E-state index in [4.69, 9.17) is 9.47 Å². The van der Waals surface area contributed by atoms with E-state index in [2.05, 4.69) is 10.6 Å². The summed E-state index contributed by atoms with van der Waals surface area (Å²) < 4.78 is 10.1. The number of non-ortho nitro benzene ring substituents is 1. The monoisotopic (exact) mass is 297 g/mol. The molecule has 1 amide bonds. The smallest absolute Gasteiger partial charge is 0.269 e. The number of carbonyl (C=O) groups excluding carboxylic acids is 1. The van der Waals surface area contributed by atoms with Crippen LogP contribution in [0, 0.1) is 10.1 Å². The van der Waals surface area contributed by atoms with Crippen LogP contribution in [0.25, 0.3) is 0 Å². The van der Waals surface area contributed by atoms with Crippen molar-refractivity contribution in [2.75, 3.05) is 40.0 Å². The Morgan fingerprint density at radius 3 is 2.57 bits per heavy atom. The van der Waals surface area contributed by atoms with Crippen LogP contribution in [-0.2, 0) is 9.53 Å². The first-order valence-corrected chi connectivity index (χ1v) is 6.47. The van der Waals surface area contributed by atoms with Crippen LogP contribution < -0.4 is 15.4 Å². The summed E-state index contributed by atoms with van der Waals surface area (Å²) in [6.45, 7) is 2.36. The molecule has 0 heterocycles. The molecule has 0 fully saturated rings. The number of ether oxygens (including phenoxy) is 2. The quantitative estimate of drug-likeness (QED) is 0.366. The van der Waals surface area contributed by atoms with Gasteiger partial charge in [0, 0.05) is 38.9 Å². The number of rotatable bonds is 10. The minimum Gasteiger partial charge on any atom is -0.484 e. The zero-order valence-corrected chi connectivity index (χ0v) is 11.8. The van der Waals surface area contributed by atoms with Gasteiger partial charge in [0.25, 0.3) is 11.6 Å². The lowest BCUT2D eigenvalue weighted by Gasteiger charge is -2.08. The van der Waals surface area contributed by atoms with Gasteiger partial charge in [-0.15, -0.1) is 0 Å². The van der Waals surface area contributed by atoms with E-state index in [1.54, 1.807) is 7.11 Å². The third-order valence-electron chi connectivity index (χ3n) is 2.52. The van der Waals surface area contributed by atoms with E-state index in [9.17, 15) is 14.9 Å². The molecule has 0 aromatic heterocycles. The number of benzene rings is 1. The van der Waals surface area contributed by atoms with E-state index in [1.807, 2.05) is 0 Å². The number of nitro groups is 1. The Morgan fingerprint density at radius 1 is 1.24 bits per heavy atom. The number of methoxy groups -OCH3 is 1. The van der Waals surface area contributed by atoms with E-state index in [-0.39, 0.29) is 18.2 Å². The van der Waals surface area contributed by atoms with E-state index in [0.717, 1.165) is 6.54 Å². The molecule has 0 aliphatic rings. The van der Waals surface area contributed by atoms with Gasteiger partial charge in [0.1, 0.15) is 5.75 Å². The van der Waals surface area contributed by atoms with E-state index >= 15 is 0 Å². The van der Waals surface area contributed by atoms with Crippen molar-refractivity contribution in [2.45, 2.75) is 0 Å². The molecule has 0 atom stereocenters. The predicted molar refractivity (Wildman–Crippen MR) is 76.3 cm³/mol. The van der Waals surface area contributed by atoms with Gasteiger partial charge in [-0.1, -0.05) is 0 Å². The largest absolute Gasteiger partial charge is 0.484 e. The van der Waals surface area contributed by atoms with Gasteiger partial charge in [0.15, 0.2) is 6.61 Å². The normalized spacial score (nSPS) is 10.1. The number of nitrogens with zero attached hydrogens (tertiary/aromatic N) is 1. The summed E-state index contributed by atoms with van der Waals surface area (Å²) in [5, 5.41) is 16.2. The van der Waals surface area contributed by atoms with Crippen molar-refractivity contribution in [1.82, 2.24) is 10.6 Å². The molecule has 0 aliphatic heterocycles. The van der Waals surface area contributed by atoms with Crippen molar-refractivity contribution in [2.24, 2.45) is 0 Å². The lowest BCUT2D eigenvalue weighted by molar-refractivity contribution is -0.384. The van der Waals surface area contributed by atoms with Crippen molar-refractivity contribution in [3.05, 3.63) is 34.4 Å². The fourth-order valence-electron chi connectivity index (χ4n) is 1.45. The van der Waals surface area contributed by atoms with Gasteiger partial charge in [-0.2, -0.15) is 0 Å². The minimum atomic E-state index is -0.493. The summed E-state index contributed by atoms with van der Waals surface area (Å²) in [5.74, 6) is 0.163. The average Bonchev–Trinajstić information content (AvgIpc) is 2.49. The molecule has 8 heteroatoms. The van der Waals surface area contributed by atoms with Gasteiger partial charge in [0.05, 0.1) is 11.5 Å². The average molecular weight is 297 g/mol. The maximum Gasteiger partial charge on any atom is 0.269 e. The first-order chi connectivity index (χ1) is 10.1. The van der Waals surface area contributed by atoms with Gasteiger partial charge >= 0.3 is 0 Å². The summed E-state index contributed by atoms with van der Waals surface area (Å²) in [4.78, 5) is 21.5. The van der Waals surface area contributed by atoms with E-state index in [0.29, 0.717) is 25.4 Å². The molecule has 21 heavy (non-hydrogen) atoms. The number of amides is 1. The van der Waals surface area contributed by atoms with Gasteiger partial charge < -0.3 is 20.1 Å². The number of nitrogens with one attached hydrogen (secondary N) is 2. The molecule has 0 saturated carbocycles. The van der Waals surface area contributed by atoms with Gasteiger partial charge in [-0.25, -0.2) is 0 Å². The maximum atomic E-state index is 11.5. The molecule has 0 bridgehead atoms. The van der Waals surface area contributed by atoms with Crippen LogP contribution in [-0.4, -0.2) is 50.8 Å². The Kier molecular flexibility index (Phi) is 7.77. The molecular formula is C13H19N3O5. The lowest BCUT2D eigenvalue weighted by Crippen LogP contribution is -2.35. The molecule has 1 aromatic rings. The fraction of sp³-hybridized carbons (Fsp3) is 0.462. The van der Waals surface area contributed by atoms with Crippen LogP contribution >= 0.6 is 0 Å². The van der Waals surface area contributed by atoms with Crippen molar-refractivity contribution in [1.29, 1.82) is 0 Å². The van der Waals surface area contributed by atoms with Crippen LogP contribution in [0.2, 0.25) is 0 Å². The fourth-order valence-corrected chi connectivity index (χ4v) is 1.45. The SMILES string of the molecule is COCCNCCNC(=O)COc1ccc([N+](=O)[O-])cc1. The molecule has 0 unspecified atom stereocenters. The minimum absolute atomic E-state index is 0.0195. The Morgan fingerprint density at radius 2 is 1.95 bits per heavy atom. The molecule has 1 rings (SSSR count). The zero-order chi connectivity index (χ0) is 15.5. The topological polar surface area (TPSA) is 103 Å². The maximum absolute atomic E-state index is 11.5. The van der Waals surface area contributed by atoms with Crippen molar-refractivity contribution < 1.29 is 19.2 Å². The summed E-state index contributed by atoms with van der Waals surface area (Å²) in [7, 11) is 1.62. The van der Waals surface area contributed by atoms with Gasteiger partial charge in [-0.05, 0) is 12.1 Å². The highest BCUT2D eigenvalue weighted by molar-refractivity contribution is 5.77. The van der Waals surface area contributed by atoms with Crippen molar-refractivity contribution >= 4 is 11.6 Å². The number of carbonyl (C=O) groups is 1. The summed E-state index contributed by atoms with van der Waals surface area (Å²) in [5.41, 5.74) is -0.0195. The molecule has 8 nitrogen and oxygen atoms in total. The second kappa shape index (κ2) is 9.67. The summed E-state index contributed by atoms with van der Waals surface area (Å²) >= 11 is 0. The zero-order valence-electron chi connectivity index (χ0n) is 11.8. The summed E-state index contributed by atoms with van der Waals surface area (Å²) in [6, 6.07) is 5.56. The Bertz CT molecular complexity index is 450. The Labute approximate surface area is 122 Å². The molecular weight excluding hydrogens is 278 g/mol. The second-order valence-corrected chi connectivity index (χ2v) is 4.13. The second-order valence-electron chi connectivity index (χ2n) is 4.13. The third-order valence-corrected chi connectivity index (χ3v) is 2.52. The molecule has 116 valence electrons. The summed E-state index contributed by atoms with van der Waals surface area (Å²) in [6.07, 6.45) is 0. The first-order valence-electron chi connectivity index (χ1n) is 6.47. The molecule has 0 spiro atoms. The molecule has 1 aromatic carbocycles. The molecule has 0 saturated heterocycles. The molecule has 0 aliphatic carbocycles. The van der Waals surface area contributed by atoms with Crippen LogP contribution in [0.4, 0.5) is 5.69 Å². The van der Waals surface area contributed by atoms with Crippen molar-refractivity contribution in [3.63, 3.8) is 0 Å². The number of nitro benzene ring substituents is 1. The van der Waals surface area contributed by atoms with Crippen LogP contribution in [0.5, 0.6) is 5.75 Å². The van der Waals surface area contributed by atoms with Crippen molar-refractivity contribution in [3.8, 4) is 5.75 Å². The predicted octanol–water partition coefficient (Wildman–Crippen LogP) is 0.326. The highest BCUT2D eigenvalue weighted by Crippen LogP contribution is 2.16. The highest BCUT2D eigenvalue weighted by Gasteiger charge is 2.06. The highest BCUT2D eigenvalue weighted by atomic mass is 16.6. The lowest BCUT2D eigenvalue weighted by atomic mass is 10.3. The number of hydrogen-bond acceptors (Lipinski definition) is 6. The van der Waals surface area contributed by atoms with Gasteiger partial charge in [0.2, 0.25) is 0 Å². The van der Waals surface area contributed by atoms with Crippen LogP contribution in [0.1, 0.15) is 0 Å². The van der Waals surface area contributed by atoms with Crippen LogP contribution in [0.3, 0.4) is 0 Å². The Balaban J connectivity index is 2.16. The molecule has 0 radical (unpaired) electrons. The van der Waals surface area contributed by atoms with Crippen LogP contribution in [0.15, 0.2) is 24.3 Å². The number of hydrogen-bond donors (Lipinski definition) is 2. The molecule has 2 N–H and O–H groups in total. The first kappa shape index (κ1) is 16.9. The van der Waals surface area contributed by atoms with Gasteiger partial charge in [-0.3, -0.25) is 14.9 Å². The van der Waals surface area contributed by atoms with E-state index < -0.39 is 4.92 Å². The van der Waals surface area contributed by atoms with E-state index in [1.165, 1.54) is 24.3 Å². The standard InChI is InChI=1S/C13H19N3O5/c1-20-9-8-14-6-7-15-13(17)10-21-12-4-2-11(3-5-12)16(18)19/h2-5,14H,6-10H2,1H3,(H,15,17). The third kappa shape index (κ3) is 7.23.